The van der Waals surface area contributed by atoms with E-state index in [1.807, 2.05) is 0 Å². The zero-order chi connectivity index (χ0) is 12.0. The van der Waals surface area contributed by atoms with Gasteiger partial charge in [0.2, 0.25) is 0 Å². The van der Waals surface area contributed by atoms with E-state index in [0.29, 0.717) is 24.0 Å². The molecule has 0 spiro atoms. The summed E-state index contributed by atoms with van der Waals surface area (Å²) in [6.45, 7) is 7.37. The van der Waals surface area contributed by atoms with Crippen molar-refractivity contribution in [3.8, 4) is 5.75 Å². The number of rotatable bonds is 6. The summed E-state index contributed by atoms with van der Waals surface area (Å²) in [4.78, 5) is 0. The molecule has 1 aromatic carbocycles. The molecule has 0 bridgehead atoms. The monoisotopic (exact) mass is 225 g/mol. The zero-order valence-corrected chi connectivity index (χ0v) is 10.2. The van der Waals surface area contributed by atoms with E-state index in [0.717, 1.165) is 13.0 Å². The number of halogens is 1. The fraction of sp³-hybridized carbons (Fsp3) is 0.538. The number of benzene rings is 1. The van der Waals surface area contributed by atoms with Crippen molar-refractivity contribution in [2.75, 3.05) is 13.2 Å². The van der Waals surface area contributed by atoms with Crippen molar-refractivity contribution in [2.24, 2.45) is 0 Å². The number of nitrogens with one attached hydrogen (secondary N) is 1. The van der Waals surface area contributed by atoms with Crippen LogP contribution in [0.1, 0.15) is 25.8 Å². The lowest BCUT2D eigenvalue weighted by molar-refractivity contribution is 0.291. The molecule has 16 heavy (non-hydrogen) atoms. The lowest BCUT2D eigenvalue weighted by Crippen LogP contribution is -2.24. The normalized spacial score (nSPS) is 10.8. The van der Waals surface area contributed by atoms with E-state index in [-0.39, 0.29) is 5.82 Å². The van der Waals surface area contributed by atoms with Crippen molar-refractivity contribution in [2.45, 2.75) is 33.2 Å². The van der Waals surface area contributed by atoms with Crippen LogP contribution in [0, 0.1) is 12.7 Å². The number of aryl methyl sites for hydroxylation is 1. The maximum Gasteiger partial charge on any atom is 0.167 e. The van der Waals surface area contributed by atoms with Gasteiger partial charge in [-0.1, -0.05) is 26.0 Å². The Balaban J connectivity index is 2.29. The van der Waals surface area contributed by atoms with Crippen molar-refractivity contribution in [1.29, 1.82) is 0 Å². The first-order valence-electron chi connectivity index (χ1n) is 5.72. The standard InChI is InChI=1S/C13H20FNO/c1-10(2)15-8-5-9-16-12-7-4-6-11(3)13(12)14/h4,6-7,10,15H,5,8-9H2,1-3H3. The third kappa shape index (κ3) is 4.19. The van der Waals surface area contributed by atoms with E-state index >= 15 is 0 Å². The van der Waals surface area contributed by atoms with Crippen molar-refractivity contribution in [1.82, 2.24) is 5.32 Å². The summed E-state index contributed by atoms with van der Waals surface area (Å²) in [5.41, 5.74) is 0.623. The SMILES string of the molecule is Cc1cccc(OCCCNC(C)C)c1F. The summed E-state index contributed by atoms with van der Waals surface area (Å²) in [6.07, 6.45) is 0.881. The fourth-order valence-electron chi connectivity index (χ4n) is 1.38. The van der Waals surface area contributed by atoms with Crippen LogP contribution in [0.25, 0.3) is 0 Å². The molecule has 0 aliphatic carbocycles. The van der Waals surface area contributed by atoms with Crippen LogP contribution < -0.4 is 10.1 Å². The molecule has 0 aliphatic heterocycles. The molecule has 1 N–H and O–H groups in total. The van der Waals surface area contributed by atoms with Crippen molar-refractivity contribution in [3.63, 3.8) is 0 Å². The molecule has 0 atom stereocenters. The molecule has 90 valence electrons. The average molecular weight is 225 g/mol. The van der Waals surface area contributed by atoms with Gasteiger partial charge in [0.1, 0.15) is 0 Å². The predicted octanol–water partition coefficient (Wildman–Crippen LogP) is 2.90. The Bertz CT molecular complexity index is 326. The molecule has 1 rings (SSSR count). The lowest BCUT2D eigenvalue weighted by atomic mass is 10.2. The van der Waals surface area contributed by atoms with Crippen molar-refractivity contribution >= 4 is 0 Å². The average Bonchev–Trinajstić information content (AvgIpc) is 2.23. The highest BCUT2D eigenvalue weighted by Crippen LogP contribution is 2.19. The van der Waals surface area contributed by atoms with E-state index in [1.165, 1.54) is 0 Å². The van der Waals surface area contributed by atoms with E-state index in [4.69, 9.17) is 4.74 Å². The maximum atomic E-state index is 13.5. The smallest absolute Gasteiger partial charge is 0.167 e. The van der Waals surface area contributed by atoms with E-state index in [9.17, 15) is 4.39 Å². The minimum atomic E-state index is -0.251. The zero-order valence-electron chi connectivity index (χ0n) is 10.2. The minimum absolute atomic E-state index is 0.251. The van der Waals surface area contributed by atoms with Gasteiger partial charge in [-0.3, -0.25) is 0 Å². The molecular formula is C13H20FNO. The fourth-order valence-corrected chi connectivity index (χ4v) is 1.38. The van der Waals surface area contributed by atoms with Gasteiger partial charge in [0.15, 0.2) is 11.6 Å². The number of ether oxygens (including phenoxy) is 1. The Morgan fingerprint density at radius 1 is 1.38 bits per heavy atom. The molecule has 0 unspecified atom stereocenters. The topological polar surface area (TPSA) is 21.3 Å². The summed E-state index contributed by atoms with van der Waals surface area (Å²) < 4.78 is 18.9. The summed E-state index contributed by atoms with van der Waals surface area (Å²) in [5, 5.41) is 3.28. The molecule has 0 fully saturated rings. The Hall–Kier alpha value is -1.09. The van der Waals surface area contributed by atoms with Crippen molar-refractivity contribution in [3.05, 3.63) is 29.6 Å². The second-order valence-corrected chi connectivity index (χ2v) is 4.20. The second kappa shape index (κ2) is 6.48. The number of hydrogen-bond donors (Lipinski definition) is 1. The first kappa shape index (κ1) is 13.0. The summed E-state index contributed by atoms with van der Waals surface area (Å²) in [6, 6.07) is 5.69. The van der Waals surface area contributed by atoms with Crippen LogP contribution in [-0.2, 0) is 0 Å². The van der Waals surface area contributed by atoms with Gasteiger partial charge >= 0.3 is 0 Å². The van der Waals surface area contributed by atoms with Crippen LogP contribution >= 0.6 is 0 Å². The Morgan fingerprint density at radius 3 is 2.81 bits per heavy atom. The van der Waals surface area contributed by atoms with Crippen LogP contribution in [0.3, 0.4) is 0 Å². The van der Waals surface area contributed by atoms with Gasteiger partial charge in [-0.2, -0.15) is 0 Å². The summed E-state index contributed by atoms with van der Waals surface area (Å²) in [5.74, 6) is 0.101. The van der Waals surface area contributed by atoms with Gasteiger partial charge in [0.25, 0.3) is 0 Å². The second-order valence-electron chi connectivity index (χ2n) is 4.20. The van der Waals surface area contributed by atoms with Crippen LogP contribution in [0.4, 0.5) is 4.39 Å². The van der Waals surface area contributed by atoms with Gasteiger partial charge in [-0.05, 0) is 31.5 Å². The minimum Gasteiger partial charge on any atom is -0.490 e. The van der Waals surface area contributed by atoms with Crippen LogP contribution in [0.2, 0.25) is 0 Å². The third-order valence-corrected chi connectivity index (χ3v) is 2.29. The van der Waals surface area contributed by atoms with Crippen LogP contribution in [0.15, 0.2) is 18.2 Å². The Morgan fingerprint density at radius 2 is 2.12 bits per heavy atom. The highest BCUT2D eigenvalue weighted by atomic mass is 19.1. The van der Waals surface area contributed by atoms with Gasteiger partial charge in [-0.25, -0.2) is 4.39 Å². The maximum absolute atomic E-state index is 13.5. The lowest BCUT2D eigenvalue weighted by Gasteiger charge is -2.10. The Kier molecular flexibility index (Phi) is 5.26. The molecule has 0 aromatic heterocycles. The van der Waals surface area contributed by atoms with Crippen LogP contribution in [0.5, 0.6) is 5.75 Å². The highest BCUT2D eigenvalue weighted by molar-refractivity contribution is 5.29. The molecule has 0 saturated carbocycles. The van der Waals surface area contributed by atoms with Gasteiger partial charge in [-0.15, -0.1) is 0 Å². The molecule has 0 saturated heterocycles. The molecule has 3 heteroatoms. The molecule has 0 heterocycles. The van der Waals surface area contributed by atoms with Gasteiger partial charge < -0.3 is 10.1 Å². The third-order valence-electron chi connectivity index (χ3n) is 2.29. The molecule has 1 aromatic rings. The molecule has 0 amide bonds. The van der Waals surface area contributed by atoms with E-state index in [1.54, 1.807) is 25.1 Å². The largest absolute Gasteiger partial charge is 0.490 e. The first-order valence-corrected chi connectivity index (χ1v) is 5.72. The van der Waals surface area contributed by atoms with Crippen LogP contribution in [-0.4, -0.2) is 19.2 Å². The van der Waals surface area contributed by atoms with E-state index < -0.39 is 0 Å². The van der Waals surface area contributed by atoms with Gasteiger partial charge in [0, 0.05) is 6.04 Å². The Labute approximate surface area is 96.8 Å². The van der Waals surface area contributed by atoms with Crippen molar-refractivity contribution < 1.29 is 9.13 Å². The molecule has 0 radical (unpaired) electrons. The highest BCUT2D eigenvalue weighted by Gasteiger charge is 2.04. The van der Waals surface area contributed by atoms with Gasteiger partial charge in [0.05, 0.1) is 6.61 Å². The van der Waals surface area contributed by atoms with E-state index in [2.05, 4.69) is 19.2 Å². The quantitative estimate of drug-likeness (QED) is 0.752. The summed E-state index contributed by atoms with van der Waals surface area (Å²) in [7, 11) is 0. The molecular weight excluding hydrogens is 205 g/mol. The molecule has 0 aliphatic rings. The molecule has 2 nitrogen and oxygen atoms in total. The number of hydrogen-bond acceptors (Lipinski definition) is 2. The first-order chi connectivity index (χ1) is 7.61. The predicted molar refractivity (Wildman–Crippen MR) is 64.4 cm³/mol. The summed E-state index contributed by atoms with van der Waals surface area (Å²) >= 11 is 0.